The normalized spacial score (nSPS) is 10.4. The second kappa shape index (κ2) is 9.93. The molecule has 1 aromatic heterocycles. The summed E-state index contributed by atoms with van der Waals surface area (Å²) in [5.74, 6) is -0.332. The van der Waals surface area contributed by atoms with Crippen LogP contribution in [0.15, 0.2) is 41.3 Å². The van der Waals surface area contributed by atoms with Crippen molar-refractivity contribution in [2.24, 2.45) is 0 Å². The maximum absolute atomic E-state index is 12.0. The van der Waals surface area contributed by atoms with Crippen LogP contribution in [-0.2, 0) is 9.53 Å². The van der Waals surface area contributed by atoms with Crippen molar-refractivity contribution in [1.82, 2.24) is 10.2 Å². The SMILES string of the molecule is C=CCNc1nnc(SCC(=O)Nc2ccc(C(=O)OC(C)C)cc2)s1. The fraction of sp³-hybridized carbons (Fsp3) is 0.294. The first-order valence-electron chi connectivity index (χ1n) is 7.90. The van der Waals surface area contributed by atoms with Gasteiger partial charge in [0.1, 0.15) is 0 Å². The summed E-state index contributed by atoms with van der Waals surface area (Å²) in [6.07, 6.45) is 1.56. The van der Waals surface area contributed by atoms with Gasteiger partial charge in [-0.05, 0) is 38.1 Å². The molecule has 0 unspecified atom stereocenters. The maximum Gasteiger partial charge on any atom is 0.338 e. The summed E-state index contributed by atoms with van der Waals surface area (Å²) in [7, 11) is 0. The minimum absolute atomic E-state index is 0.164. The Bertz CT molecular complexity index is 760. The molecule has 2 N–H and O–H groups in total. The number of benzene rings is 1. The standard InChI is InChI=1S/C17H20N4O3S2/c1-4-9-18-16-20-21-17(26-16)25-10-14(22)19-13-7-5-12(6-8-13)15(23)24-11(2)3/h4-8,11H,1,9-10H2,2-3H3,(H,18,20)(H,19,22). The number of nitrogens with one attached hydrogen (secondary N) is 2. The van der Waals surface area contributed by atoms with E-state index in [1.54, 1.807) is 44.2 Å². The Kier molecular flexibility index (Phi) is 7.61. The Morgan fingerprint density at radius 3 is 2.69 bits per heavy atom. The number of aromatic nitrogens is 2. The highest BCUT2D eigenvalue weighted by molar-refractivity contribution is 8.01. The number of nitrogens with zero attached hydrogens (tertiary/aromatic N) is 2. The van der Waals surface area contributed by atoms with Gasteiger partial charge in [0.15, 0.2) is 4.34 Å². The molecule has 7 nitrogen and oxygen atoms in total. The van der Waals surface area contributed by atoms with Crippen LogP contribution in [0.3, 0.4) is 0 Å². The Balaban J connectivity index is 1.81. The van der Waals surface area contributed by atoms with Crippen molar-refractivity contribution in [2.45, 2.75) is 24.3 Å². The van der Waals surface area contributed by atoms with Gasteiger partial charge in [-0.1, -0.05) is 29.2 Å². The minimum Gasteiger partial charge on any atom is -0.459 e. The van der Waals surface area contributed by atoms with Gasteiger partial charge in [0.2, 0.25) is 11.0 Å². The molecular formula is C17H20N4O3S2. The van der Waals surface area contributed by atoms with E-state index in [9.17, 15) is 9.59 Å². The van der Waals surface area contributed by atoms with Crippen LogP contribution in [0.1, 0.15) is 24.2 Å². The van der Waals surface area contributed by atoms with Crippen LogP contribution >= 0.6 is 23.1 Å². The Hall–Kier alpha value is -2.39. The van der Waals surface area contributed by atoms with Gasteiger partial charge in [-0.25, -0.2) is 4.79 Å². The second-order valence-corrected chi connectivity index (χ2v) is 7.61. The molecule has 0 atom stereocenters. The maximum atomic E-state index is 12.0. The van der Waals surface area contributed by atoms with Crippen molar-refractivity contribution in [3.05, 3.63) is 42.5 Å². The van der Waals surface area contributed by atoms with Crippen LogP contribution in [0.5, 0.6) is 0 Å². The first-order chi connectivity index (χ1) is 12.5. The van der Waals surface area contributed by atoms with Crippen LogP contribution in [-0.4, -0.2) is 40.5 Å². The van der Waals surface area contributed by atoms with E-state index >= 15 is 0 Å². The number of thioether (sulfide) groups is 1. The molecule has 2 rings (SSSR count). The molecule has 1 heterocycles. The zero-order chi connectivity index (χ0) is 18.9. The van der Waals surface area contributed by atoms with Gasteiger partial charge in [0.25, 0.3) is 0 Å². The molecule has 2 aromatic rings. The van der Waals surface area contributed by atoms with Crippen molar-refractivity contribution in [3.63, 3.8) is 0 Å². The Labute approximate surface area is 160 Å². The van der Waals surface area contributed by atoms with Gasteiger partial charge in [0, 0.05) is 12.2 Å². The third-order valence-corrected chi connectivity index (χ3v) is 4.89. The van der Waals surface area contributed by atoms with E-state index in [0.717, 1.165) is 0 Å². The fourth-order valence-corrected chi connectivity index (χ4v) is 3.35. The molecule has 0 aliphatic carbocycles. The van der Waals surface area contributed by atoms with E-state index in [1.165, 1.54) is 23.1 Å². The molecule has 0 spiro atoms. The van der Waals surface area contributed by atoms with E-state index in [2.05, 4.69) is 27.4 Å². The number of hydrogen-bond donors (Lipinski definition) is 2. The second-order valence-electron chi connectivity index (χ2n) is 5.41. The summed E-state index contributed by atoms with van der Waals surface area (Å²) in [4.78, 5) is 23.8. The lowest BCUT2D eigenvalue weighted by Crippen LogP contribution is -2.14. The van der Waals surface area contributed by atoms with Crippen LogP contribution in [0.2, 0.25) is 0 Å². The first-order valence-corrected chi connectivity index (χ1v) is 9.70. The van der Waals surface area contributed by atoms with Gasteiger partial charge in [0.05, 0.1) is 17.4 Å². The van der Waals surface area contributed by atoms with Gasteiger partial charge in [-0.3, -0.25) is 4.79 Å². The number of anilines is 2. The average molecular weight is 393 g/mol. The predicted octanol–water partition coefficient (Wildman–Crippen LogP) is 3.43. The van der Waals surface area contributed by atoms with Crippen LogP contribution < -0.4 is 10.6 Å². The highest BCUT2D eigenvalue weighted by Gasteiger charge is 2.11. The Morgan fingerprint density at radius 2 is 2.04 bits per heavy atom. The molecule has 26 heavy (non-hydrogen) atoms. The van der Waals surface area contributed by atoms with Gasteiger partial charge in [-0.15, -0.1) is 16.8 Å². The van der Waals surface area contributed by atoms with Crippen molar-refractivity contribution in [3.8, 4) is 0 Å². The summed E-state index contributed by atoms with van der Waals surface area (Å²) in [5.41, 5.74) is 1.06. The monoisotopic (exact) mass is 392 g/mol. The third-order valence-electron chi connectivity index (χ3n) is 2.88. The van der Waals surface area contributed by atoms with Gasteiger partial charge >= 0.3 is 5.97 Å². The lowest BCUT2D eigenvalue weighted by Gasteiger charge is -2.08. The highest BCUT2D eigenvalue weighted by Crippen LogP contribution is 2.25. The zero-order valence-electron chi connectivity index (χ0n) is 14.5. The third kappa shape index (κ3) is 6.49. The first kappa shape index (κ1) is 19.9. The van der Waals surface area contributed by atoms with E-state index in [4.69, 9.17) is 4.74 Å². The van der Waals surface area contributed by atoms with E-state index in [-0.39, 0.29) is 23.7 Å². The molecule has 1 amide bonds. The number of rotatable bonds is 9. The number of esters is 1. The summed E-state index contributed by atoms with van der Waals surface area (Å²) in [5, 5.41) is 14.5. The minimum atomic E-state index is -0.384. The molecule has 0 aliphatic heterocycles. The largest absolute Gasteiger partial charge is 0.459 e. The predicted molar refractivity (Wildman–Crippen MR) is 105 cm³/mol. The summed E-state index contributed by atoms with van der Waals surface area (Å²) < 4.78 is 5.83. The lowest BCUT2D eigenvalue weighted by molar-refractivity contribution is -0.113. The fourth-order valence-electron chi connectivity index (χ4n) is 1.80. The molecule has 1 aromatic carbocycles. The average Bonchev–Trinajstić information content (AvgIpc) is 3.06. The number of hydrogen-bond acceptors (Lipinski definition) is 8. The smallest absolute Gasteiger partial charge is 0.338 e. The number of ether oxygens (including phenoxy) is 1. The van der Waals surface area contributed by atoms with E-state index in [1.807, 2.05) is 0 Å². The number of carbonyl (C=O) groups is 2. The van der Waals surface area contributed by atoms with Gasteiger partial charge < -0.3 is 15.4 Å². The van der Waals surface area contributed by atoms with Crippen molar-refractivity contribution in [1.29, 1.82) is 0 Å². The summed E-state index contributed by atoms with van der Waals surface area (Å²) >= 11 is 2.69. The summed E-state index contributed by atoms with van der Waals surface area (Å²) in [6, 6.07) is 6.58. The zero-order valence-corrected chi connectivity index (χ0v) is 16.2. The van der Waals surface area contributed by atoms with E-state index in [0.29, 0.717) is 27.3 Å². The van der Waals surface area contributed by atoms with Gasteiger partial charge in [-0.2, -0.15) is 0 Å². The molecule has 0 bridgehead atoms. The van der Waals surface area contributed by atoms with Crippen LogP contribution in [0.25, 0.3) is 0 Å². The molecule has 0 fully saturated rings. The molecule has 138 valence electrons. The lowest BCUT2D eigenvalue weighted by atomic mass is 10.2. The molecular weight excluding hydrogens is 372 g/mol. The summed E-state index contributed by atoms with van der Waals surface area (Å²) in [6.45, 7) is 7.82. The van der Waals surface area contributed by atoms with E-state index < -0.39 is 0 Å². The highest BCUT2D eigenvalue weighted by atomic mass is 32.2. The van der Waals surface area contributed by atoms with Crippen molar-refractivity contribution in [2.75, 3.05) is 22.9 Å². The number of amides is 1. The quantitative estimate of drug-likeness (QED) is 0.384. The number of carbonyl (C=O) groups excluding carboxylic acids is 2. The Morgan fingerprint density at radius 1 is 1.31 bits per heavy atom. The molecule has 9 heteroatoms. The molecule has 0 saturated carbocycles. The molecule has 0 saturated heterocycles. The molecule has 0 radical (unpaired) electrons. The van der Waals surface area contributed by atoms with Crippen molar-refractivity contribution < 1.29 is 14.3 Å². The van der Waals surface area contributed by atoms with Crippen molar-refractivity contribution >= 4 is 45.8 Å². The van der Waals surface area contributed by atoms with Crippen LogP contribution in [0, 0.1) is 0 Å². The topological polar surface area (TPSA) is 93.2 Å². The molecule has 0 aliphatic rings. The van der Waals surface area contributed by atoms with Crippen LogP contribution in [0.4, 0.5) is 10.8 Å².